The lowest BCUT2D eigenvalue weighted by Crippen LogP contribution is -2.37. The fourth-order valence-corrected chi connectivity index (χ4v) is 6.99. The molecule has 148 valence electrons. The lowest BCUT2D eigenvalue weighted by Gasteiger charge is -2.34. The summed E-state index contributed by atoms with van der Waals surface area (Å²) in [4.78, 5) is 4.11. The van der Waals surface area contributed by atoms with Crippen molar-refractivity contribution in [2.75, 3.05) is 0 Å². The smallest absolute Gasteiger partial charge is 0.192 e. The molecule has 1 aromatic carbocycles. The highest BCUT2D eigenvalue weighted by atomic mass is 35.5. The van der Waals surface area contributed by atoms with Crippen molar-refractivity contribution >= 4 is 31.5 Å². The second-order valence-corrected chi connectivity index (χ2v) is 12.8. The van der Waals surface area contributed by atoms with Crippen molar-refractivity contribution < 1.29 is 4.43 Å². The molecule has 0 aliphatic rings. The Morgan fingerprint density at radius 3 is 2.04 bits per heavy atom. The van der Waals surface area contributed by atoms with E-state index >= 15 is 0 Å². The number of aryl methyl sites for hydroxylation is 2. The quantitative estimate of drug-likeness (QED) is 0.363. The molecule has 1 atom stereocenters. The van der Waals surface area contributed by atoms with Crippen LogP contribution >= 0.6 is 23.2 Å². The van der Waals surface area contributed by atoms with E-state index in [-0.39, 0.29) is 6.10 Å². The molecule has 0 radical (unpaired) electrons. The van der Waals surface area contributed by atoms with Crippen molar-refractivity contribution in [2.24, 2.45) is 0 Å². The predicted molar refractivity (Wildman–Crippen MR) is 119 cm³/mol. The highest BCUT2D eigenvalue weighted by Gasteiger charge is 2.33. The molecule has 0 saturated heterocycles. The Labute approximate surface area is 175 Å². The van der Waals surface area contributed by atoms with Crippen molar-refractivity contribution in [1.29, 1.82) is 0 Å². The van der Waals surface area contributed by atoms with Crippen LogP contribution < -0.4 is 0 Å². The predicted octanol–water partition coefficient (Wildman–Crippen LogP) is 7.78. The monoisotopic (exact) mass is 423 g/mol. The summed E-state index contributed by atoms with van der Waals surface area (Å²) in [5.74, 6) is 0. The number of halogens is 2. The lowest BCUT2D eigenvalue weighted by atomic mass is 10.0. The van der Waals surface area contributed by atoms with Crippen LogP contribution in [0.5, 0.6) is 0 Å². The van der Waals surface area contributed by atoms with Crippen LogP contribution in [0.25, 0.3) is 0 Å². The fourth-order valence-electron chi connectivity index (χ4n) is 3.54. The maximum Gasteiger partial charge on any atom is 0.192 e. The minimum Gasteiger partial charge on any atom is -0.410 e. The molecule has 0 fully saturated rings. The molecule has 0 saturated carbocycles. The molecular weight excluding hydrogens is 393 g/mol. The molecule has 0 aliphatic heterocycles. The Morgan fingerprint density at radius 2 is 1.52 bits per heavy atom. The highest BCUT2D eigenvalue weighted by Crippen LogP contribution is 2.38. The molecular formula is C22H31Cl2NOSi. The summed E-state index contributed by atoms with van der Waals surface area (Å²) < 4.78 is 6.83. The molecule has 2 nitrogen and oxygen atoms in total. The topological polar surface area (TPSA) is 22.1 Å². The average Bonchev–Trinajstić information content (AvgIpc) is 2.67. The molecule has 0 bridgehead atoms. The van der Waals surface area contributed by atoms with Gasteiger partial charge in [-0.1, -0.05) is 73.8 Å². The number of benzene rings is 1. The molecule has 5 heteroatoms. The van der Waals surface area contributed by atoms with Gasteiger partial charge in [0.05, 0.1) is 16.1 Å². The summed E-state index contributed by atoms with van der Waals surface area (Å²) in [6.45, 7) is 8.86. The van der Waals surface area contributed by atoms with E-state index in [0.29, 0.717) is 10.0 Å². The first kappa shape index (κ1) is 22.4. The van der Waals surface area contributed by atoms with Gasteiger partial charge in [-0.15, -0.1) is 0 Å². The maximum atomic E-state index is 6.83. The van der Waals surface area contributed by atoms with Crippen molar-refractivity contribution in [3.05, 3.63) is 63.4 Å². The zero-order valence-electron chi connectivity index (χ0n) is 16.9. The van der Waals surface area contributed by atoms with Gasteiger partial charge in [0.1, 0.15) is 0 Å². The van der Waals surface area contributed by atoms with E-state index in [4.69, 9.17) is 27.6 Å². The number of rotatable bonds is 10. The minimum atomic E-state index is -1.78. The number of pyridine rings is 1. The van der Waals surface area contributed by atoms with E-state index in [0.717, 1.165) is 43.0 Å². The molecule has 1 aromatic heterocycles. The van der Waals surface area contributed by atoms with E-state index in [1.54, 1.807) is 12.4 Å². The fraction of sp³-hybridized carbons (Fsp3) is 0.500. The summed E-state index contributed by atoms with van der Waals surface area (Å²) >= 11 is 13.0. The summed E-state index contributed by atoms with van der Waals surface area (Å²) in [5.41, 5.74) is 3.56. The SMILES string of the molecule is CC[Si](CC)(CC)OC(CCCc1ccc(C)cc1)c1c(Cl)cncc1Cl. The summed E-state index contributed by atoms with van der Waals surface area (Å²) in [7, 11) is -1.78. The van der Waals surface area contributed by atoms with E-state index < -0.39 is 8.32 Å². The van der Waals surface area contributed by atoms with E-state index in [1.165, 1.54) is 11.1 Å². The van der Waals surface area contributed by atoms with Gasteiger partial charge in [0, 0.05) is 18.0 Å². The second-order valence-electron chi connectivity index (χ2n) is 7.24. The zero-order valence-corrected chi connectivity index (χ0v) is 19.4. The van der Waals surface area contributed by atoms with E-state index in [9.17, 15) is 0 Å². The number of aromatic nitrogens is 1. The Hall–Kier alpha value is -0.873. The first-order chi connectivity index (χ1) is 12.9. The van der Waals surface area contributed by atoms with Crippen molar-refractivity contribution in [1.82, 2.24) is 4.98 Å². The zero-order chi connectivity index (χ0) is 19.9. The number of nitrogens with zero attached hydrogens (tertiary/aromatic N) is 1. The van der Waals surface area contributed by atoms with Crippen LogP contribution in [0.1, 0.15) is 56.4 Å². The third kappa shape index (κ3) is 6.05. The molecule has 0 spiro atoms. The maximum absolute atomic E-state index is 6.83. The third-order valence-corrected chi connectivity index (χ3v) is 10.8. The summed E-state index contributed by atoms with van der Waals surface area (Å²) in [6, 6.07) is 12.1. The van der Waals surface area contributed by atoms with Gasteiger partial charge < -0.3 is 4.43 Å². The van der Waals surface area contributed by atoms with Crippen LogP contribution in [0.3, 0.4) is 0 Å². The van der Waals surface area contributed by atoms with Gasteiger partial charge in [-0.25, -0.2) is 0 Å². The van der Waals surface area contributed by atoms with Gasteiger partial charge in [0.25, 0.3) is 0 Å². The van der Waals surface area contributed by atoms with Crippen LogP contribution in [0.15, 0.2) is 36.7 Å². The van der Waals surface area contributed by atoms with Crippen molar-refractivity contribution in [3.63, 3.8) is 0 Å². The number of hydrogen-bond donors (Lipinski definition) is 0. The summed E-state index contributed by atoms with van der Waals surface area (Å²) in [6.07, 6.45) is 6.25. The minimum absolute atomic E-state index is 0.0648. The Bertz CT molecular complexity index is 688. The van der Waals surface area contributed by atoms with Crippen LogP contribution in [0.4, 0.5) is 0 Å². The van der Waals surface area contributed by atoms with Gasteiger partial charge in [0.15, 0.2) is 8.32 Å². The Kier molecular flexibility index (Phi) is 8.81. The normalized spacial score (nSPS) is 13.0. The van der Waals surface area contributed by atoms with E-state index in [1.807, 2.05) is 0 Å². The molecule has 2 rings (SSSR count). The lowest BCUT2D eigenvalue weighted by molar-refractivity contribution is 0.176. The number of hydrogen-bond acceptors (Lipinski definition) is 2. The largest absolute Gasteiger partial charge is 0.410 e. The van der Waals surface area contributed by atoms with Crippen LogP contribution in [0, 0.1) is 6.92 Å². The van der Waals surface area contributed by atoms with Gasteiger partial charge in [-0.3, -0.25) is 4.98 Å². The third-order valence-electron chi connectivity index (χ3n) is 5.59. The van der Waals surface area contributed by atoms with Gasteiger partial charge in [-0.2, -0.15) is 0 Å². The van der Waals surface area contributed by atoms with Crippen LogP contribution in [-0.4, -0.2) is 13.3 Å². The second kappa shape index (κ2) is 10.6. The standard InChI is InChI=1S/C22H31Cl2NOSi/c1-5-27(6-2,7-3)26-21(22-19(23)15-25-16-20(22)24)10-8-9-18-13-11-17(4)12-14-18/h11-16,21H,5-10H2,1-4H3. The molecule has 27 heavy (non-hydrogen) atoms. The van der Waals surface area contributed by atoms with Gasteiger partial charge in [-0.05, 0) is 49.9 Å². The first-order valence-electron chi connectivity index (χ1n) is 9.97. The molecule has 0 aliphatic carbocycles. The van der Waals surface area contributed by atoms with E-state index in [2.05, 4.69) is 56.9 Å². The van der Waals surface area contributed by atoms with Crippen molar-refractivity contribution in [3.8, 4) is 0 Å². The summed E-state index contributed by atoms with van der Waals surface area (Å²) in [5, 5.41) is 1.21. The van der Waals surface area contributed by atoms with Crippen molar-refractivity contribution in [2.45, 2.75) is 71.2 Å². The van der Waals surface area contributed by atoms with Crippen LogP contribution in [-0.2, 0) is 10.8 Å². The van der Waals surface area contributed by atoms with Gasteiger partial charge in [0.2, 0.25) is 0 Å². The Balaban J connectivity index is 2.20. The molecule has 1 heterocycles. The molecule has 2 aromatic rings. The first-order valence-corrected chi connectivity index (χ1v) is 13.3. The van der Waals surface area contributed by atoms with Crippen LogP contribution in [0.2, 0.25) is 28.2 Å². The average molecular weight is 424 g/mol. The Morgan fingerprint density at radius 1 is 0.963 bits per heavy atom. The highest BCUT2D eigenvalue weighted by molar-refractivity contribution is 6.73. The molecule has 0 amide bonds. The molecule has 0 N–H and O–H groups in total. The molecule has 1 unspecified atom stereocenters. The van der Waals surface area contributed by atoms with Gasteiger partial charge >= 0.3 is 0 Å².